The zero-order chi connectivity index (χ0) is 16.2. The Morgan fingerprint density at radius 1 is 1.35 bits per heavy atom. The summed E-state index contributed by atoms with van der Waals surface area (Å²) in [6, 6.07) is 6.38. The number of hydrogen-bond acceptors (Lipinski definition) is 5. The molecule has 3 rings (SSSR count). The highest BCUT2D eigenvalue weighted by atomic mass is 32.2. The van der Waals surface area contributed by atoms with Crippen LogP contribution in [0.1, 0.15) is 36.8 Å². The predicted molar refractivity (Wildman–Crippen MR) is 89.8 cm³/mol. The third-order valence-electron chi connectivity index (χ3n) is 4.30. The summed E-state index contributed by atoms with van der Waals surface area (Å²) in [4.78, 5) is 12.1. The summed E-state index contributed by atoms with van der Waals surface area (Å²) in [5.41, 5.74) is 3.28. The molecule has 0 saturated heterocycles. The lowest BCUT2D eigenvalue weighted by molar-refractivity contribution is -0.119. The van der Waals surface area contributed by atoms with Crippen LogP contribution in [0.4, 0.5) is 0 Å². The van der Waals surface area contributed by atoms with Gasteiger partial charge >= 0.3 is 0 Å². The van der Waals surface area contributed by atoms with Crippen LogP contribution in [0.3, 0.4) is 0 Å². The van der Waals surface area contributed by atoms with Gasteiger partial charge in [-0.05, 0) is 54.3 Å². The quantitative estimate of drug-likeness (QED) is 0.852. The molecule has 122 valence electrons. The smallest absolute Gasteiger partial charge is 0.230 e. The maximum absolute atomic E-state index is 12.1. The first-order valence-electron chi connectivity index (χ1n) is 7.92. The number of hydrogen-bond donors (Lipinski definition) is 1. The minimum atomic E-state index is 0.0532. The molecule has 2 aromatic rings. The lowest BCUT2D eigenvalue weighted by atomic mass is 10.1. The van der Waals surface area contributed by atoms with Gasteiger partial charge in [-0.1, -0.05) is 36.7 Å². The fourth-order valence-corrected chi connectivity index (χ4v) is 3.55. The Bertz CT molecular complexity index is 694. The molecule has 1 aromatic heterocycles. The maximum atomic E-state index is 12.1. The molecule has 6 nitrogen and oxygen atoms in total. The molecule has 1 heterocycles. The van der Waals surface area contributed by atoms with Gasteiger partial charge in [-0.15, -0.1) is 5.10 Å². The van der Waals surface area contributed by atoms with Crippen LogP contribution in [-0.2, 0) is 4.79 Å². The van der Waals surface area contributed by atoms with Crippen LogP contribution < -0.4 is 5.32 Å². The number of thioether (sulfide) groups is 1. The van der Waals surface area contributed by atoms with Crippen molar-refractivity contribution in [1.29, 1.82) is 0 Å². The number of benzene rings is 1. The number of nitrogens with zero attached hydrogens (tertiary/aromatic N) is 4. The molecule has 0 radical (unpaired) electrons. The lowest BCUT2D eigenvalue weighted by Gasteiger charge is -2.12. The highest BCUT2D eigenvalue weighted by Crippen LogP contribution is 2.23. The SMILES string of the molecule is Cc1cccc(-n2nnnc2SCC(=O)NC2CCCC2)c1C. The number of carbonyl (C=O) groups is 1. The van der Waals surface area contributed by atoms with Crippen molar-refractivity contribution in [2.45, 2.75) is 50.7 Å². The summed E-state index contributed by atoms with van der Waals surface area (Å²) < 4.78 is 1.70. The van der Waals surface area contributed by atoms with Gasteiger partial charge in [-0.25, -0.2) is 0 Å². The molecule has 0 aliphatic heterocycles. The predicted octanol–water partition coefficient (Wildman–Crippen LogP) is 2.43. The van der Waals surface area contributed by atoms with Gasteiger partial charge in [0.15, 0.2) is 0 Å². The molecule has 0 unspecified atom stereocenters. The third-order valence-corrected chi connectivity index (χ3v) is 5.22. The summed E-state index contributed by atoms with van der Waals surface area (Å²) in [5.74, 6) is 0.388. The Hall–Kier alpha value is -1.89. The van der Waals surface area contributed by atoms with Crippen LogP contribution in [0.2, 0.25) is 0 Å². The minimum Gasteiger partial charge on any atom is -0.353 e. The van der Waals surface area contributed by atoms with E-state index < -0.39 is 0 Å². The molecule has 0 bridgehead atoms. The molecule has 0 spiro atoms. The van der Waals surface area contributed by atoms with Crippen LogP contribution in [0.15, 0.2) is 23.4 Å². The Labute approximate surface area is 140 Å². The fraction of sp³-hybridized carbons (Fsp3) is 0.500. The topological polar surface area (TPSA) is 72.7 Å². The van der Waals surface area contributed by atoms with E-state index in [2.05, 4.69) is 33.8 Å². The van der Waals surface area contributed by atoms with Gasteiger partial charge in [0.25, 0.3) is 0 Å². The van der Waals surface area contributed by atoms with E-state index in [1.165, 1.54) is 30.2 Å². The van der Waals surface area contributed by atoms with E-state index in [0.717, 1.165) is 24.1 Å². The average Bonchev–Trinajstić information content (AvgIpc) is 3.19. The van der Waals surface area contributed by atoms with E-state index in [-0.39, 0.29) is 5.91 Å². The molecule has 1 saturated carbocycles. The number of aromatic nitrogens is 4. The van der Waals surface area contributed by atoms with E-state index in [1.54, 1.807) is 4.68 Å². The summed E-state index contributed by atoms with van der Waals surface area (Å²) in [6.45, 7) is 4.11. The minimum absolute atomic E-state index is 0.0532. The summed E-state index contributed by atoms with van der Waals surface area (Å²) in [7, 11) is 0. The Morgan fingerprint density at radius 2 is 2.13 bits per heavy atom. The second-order valence-corrected chi connectivity index (χ2v) is 6.87. The second-order valence-electron chi connectivity index (χ2n) is 5.93. The summed E-state index contributed by atoms with van der Waals surface area (Å²) >= 11 is 1.37. The normalized spacial score (nSPS) is 15.0. The van der Waals surface area contributed by atoms with Crippen LogP contribution in [0.5, 0.6) is 0 Å². The molecular formula is C16H21N5OS. The number of aryl methyl sites for hydroxylation is 1. The van der Waals surface area contributed by atoms with Crippen molar-refractivity contribution in [2.75, 3.05) is 5.75 Å². The van der Waals surface area contributed by atoms with Gasteiger partial charge in [0, 0.05) is 6.04 Å². The first kappa shape index (κ1) is 16.0. The van der Waals surface area contributed by atoms with Gasteiger partial charge in [0.05, 0.1) is 11.4 Å². The van der Waals surface area contributed by atoms with Crippen molar-refractivity contribution in [3.63, 3.8) is 0 Å². The number of carbonyl (C=O) groups excluding carboxylic acids is 1. The second kappa shape index (κ2) is 7.12. The highest BCUT2D eigenvalue weighted by molar-refractivity contribution is 7.99. The van der Waals surface area contributed by atoms with E-state index in [4.69, 9.17) is 0 Å². The van der Waals surface area contributed by atoms with Gasteiger partial charge in [-0.2, -0.15) is 4.68 Å². The molecule has 1 aliphatic carbocycles. The van der Waals surface area contributed by atoms with E-state index >= 15 is 0 Å². The number of rotatable bonds is 5. The van der Waals surface area contributed by atoms with Gasteiger partial charge in [0.2, 0.25) is 11.1 Å². The van der Waals surface area contributed by atoms with Crippen molar-refractivity contribution >= 4 is 17.7 Å². The number of nitrogens with one attached hydrogen (secondary N) is 1. The van der Waals surface area contributed by atoms with Crippen molar-refractivity contribution in [1.82, 2.24) is 25.5 Å². The Morgan fingerprint density at radius 3 is 2.91 bits per heavy atom. The van der Waals surface area contributed by atoms with Crippen molar-refractivity contribution in [3.05, 3.63) is 29.3 Å². The summed E-state index contributed by atoms with van der Waals surface area (Å²) in [5, 5.41) is 15.6. The third kappa shape index (κ3) is 3.72. The molecule has 1 N–H and O–H groups in total. The zero-order valence-electron chi connectivity index (χ0n) is 13.5. The lowest BCUT2D eigenvalue weighted by Crippen LogP contribution is -2.33. The highest BCUT2D eigenvalue weighted by Gasteiger charge is 2.18. The number of amides is 1. The number of tetrazole rings is 1. The van der Waals surface area contributed by atoms with Crippen LogP contribution in [0.25, 0.3) is 5.69 Å². The monoisotopic (exact) mass is 331 g/mol. The molecule has 1 fully saturated rings. The first-order valence-corrected chi connectivity index (χ1v) is 8.91. The van der Waals surface area contributed by atoms with Crippen molar-refractivity contribution in [3.8, 4) is 5.69 Å². The summed E-state index contributed by atoms with van der Waals surface area (Å²) in [6.07, 6.45) is 4.61. The molecule has 0 atom stereocenters. The molecule has 23 heavy (non-hydrogen) atoms. The van der Waals surface area contributed by atoms with E-state index in [9.17, 15) is 4.79 Å². The molecule has 1 aliphatic rings. The maximum Gasteiger partial charge on any atom is 0.230 e. The van der Waals surface area contributed by atoms with Gasteiger partial charge in [0.1, 0.15) is 0 Å². The molecule has 1 aromatic carbocycles. The van der Waals surface area contributed by atoms with Gasteiger partial charge in [-0.3, -0.25) is 4.79 Å². The van der Waals surface area contributed by atoms with Crippen molar-refractivity contribution in [2.24, 2.45) is 0 Å². The van der Waals surface area contributed by atoms with Crippen molar-refractivity contribution < 1.29 is 4.79 Å². The Balaban J connectivity index is 1.66. The van der Waals surface area contributed by atoms with Crippen LogP contribution >= 0.6 is 11.8 Å². The van der Waals surface area contributed by atoms with E-state index in [1.807, 2.05) is 19.1 Å². The van der Waals surface area contributed by atoms with E-state index in [0.29, 0.717) is 17.0 Å². The Kier molecular flexibility index (Phi) is 4.95. The zero-order valence-corrected chi connectivity index (χ0v) is 14.3. The molecular weight excluding hydrogens is 310 g/mol. The molecule has 7 heteroatoms. The van der Waals surface area contributed by atoms with Crippen LogP contribution in [0, 0.1) is 13.8 Å². The standard InChI is InChI=1S/C16H21N5OS/c1-11-6-5-9-14(12(11)2)21-16(18-19-20-21)23-10-15(22)17-13-7-3-4-8-13/h5-6,9,13H,3-4,7-8,10H2,1-2H3,(H,17,22). The van der Waals surface area contributed by atoms with Gasteiger partial charge < -0.3 is 5.32 Å². The first-order chi connectivity index (χ1) is 11.1. The average molecular weight is 331 g/mol. The van der Waals surface area contributed by atoms with Crippen LogP contribution in [-0.4, -0.2) is 37.9 Å². The fourth-order valence-electron chi connectivity index (χ4n) is 2.85. The molecule has 1 amide bonds. The largest absolute Gasteiger partial charge is 0.353 e.